The minimum absolute atomic E-state index is 0.0626. The normalized spacial score (nSPS) is 23.1. The second-order valence-electron chi connectivity index (χ2n) is 7.90. The predicted molar refractivity (Wildman–Crippen MR) is 95.8 cm³/mol. The Hall–Kier alpha value is -1.87. The molecule has 0 saturated carbocycles. The number of aryl methyl sites for hydroxylation is 2. The molecular formula is C19H29N5O. The zero-order valence-electron chi connectivity index (χ0n) is 15.6. The number of nitrogens with zero attached hydrogens (tertiary/aromatic N) is 3. The van der Waals surface area contributed by atoms with E-state index in [1.807, 2.05) is 13.8 Å². The van der Waals surface area contributed by atoms with Crippen LogP contribution in [0.4, 0.5) is 0 Å². The van der Waals surface area contributed by atoms with Crippen LogP contribution in [0, 0.1) is 17.2 Å². The van der Waals surface area contributed by atoms with Crippen molar-refractivity contribution < 1.29 is 4.79 Å². The summed E-state index contributed by atoms with van der Waals surface area (Å²) in [5.41, 5.74) is 1.68. The van der Waals surface area contributed by atoms with Crippen molar-refractivity contribution in [3.8, 4) is 6.07 Å². The largest absolute Gasteiger partial charge is 0.344 e. The Morgan fingerprint density at radius 3 is 2.88 bits per heavy atom. The molecule has 1 aromatic heterocycles. The summed E-state index contributed by atoms with van der Waals surface area (Å²) < 4.78 is 0. The van der Waals surface area contributed by atoms with Crippen molar-refractivity contribution in [1.29, 1.82) is 5.26 Å². The number of amides is 1. The maximum absolute atomic E-state index is 12.5. The Morgan fingerprint density at radius 1 is 1.44 bits per heavy atom. The molecule has 0 spiro atoms. The van der Waals surface area contributed by atoms with Gasteiger partial charge in [0.25, 0.3) is 0 Å². The van der Waals surface area contributed by atoms with E-state index in [0.717, 1.165) is 38.1 Å². The smallest absolute Gasteiger partial charge is 0.235 e. The van der Waals surface area contributed by atoms with Crippen molar-refractivity contribution in [2.24, 2.45) is 5.92 Å². The molecule has 0 aromatic carbocycles. The van der Waals surface area contributed by atoms with Crippen molar-refractivity contribution in [3.05, 3.63) is 17.2 Å². The number of carbonyl (C=O) groups excluding carboxylic acids is 1. The van der Waals surface area contributed by atoms with E-state index in [1.54, 1.807) is 6.92 Å². The van der Waals surface area contributed by atoms with E-state index in [2.05, 4.69) is 21.3 Å². The number of rotatable bonds is 5. The van der Waals surface area contributed by atoms with Crippen molar-refractivity contribution in [2.75, 3.05) is 13.1 Å². The van der Waals surface area contributed by atoms with Crippen molar-refractivity contribution in [3.63, 3.8) is 0 Å². The van der Waals surface area contributed by atoms with Gasteiger partial charge in [0.15, 0.2) is 0 Å². The van der Waals surface area contributed by atoms with Crippen LogP contribution in [0.15, 0.2) is 0 Å². The van der Waals surface area contributed by atoms with Crippen LogP contribution >= 0.6 is 0 Å². The topological polar surface area (TPSA) is 84.8 Å². The van der Waals surface area contributed by atoms with Crippen LogP contribution < -0.4 is 5.32 Å². The lowest BCUT2D eigenvalue weighted by atomic mass is 9.90. The molecule has 2 atom stereocenters. The van der Waals surface area contributed by atoms with Gasteiger partial charge in [-0.1, -0.05) is 13.8 Å². The zero-order valence-corrected chi connectivity index (χ0v) is 15.6. The number of hydrogen-bond donors (Lipinski definition) is 2. The molecule has 1 aliphatic heterocycles. The van der Waals surface area contributed by atoms with Gasteiger partial charge in [0.2, 0.25) is 5.91 Å². The second kappa shape index (κ2) is 7.17. The molecule has 1 fully saturated rings. The molecule has 0 radical (unpaired) electrons. The van der Waals surface area contributed by atoms with Gasteiger partial charge in [-0.15, -0.1) is 0 Å². The number of fused-ring (bicyclic) bond motifs is 1. The molecule has 1 amide bonds. The standard InChI is InChI=1S/C19H29N5O/c1-13(2)19(3,12-20)23-17(25)11-24-10-6-9-16(24)18-21-14-7-4-5-8-15(14)22-18/h13,16H,4-11H2,1-3H3,(H,21,22)(H,23,25)/t16-,19-/m1/s1. The first-order valence-electron chi connectivity index (χ1n) is 9.47. The number of imidazole rings is 1. The number of likely N-dealkylation sites (tertiary alicyclic amines) is 1. The monoisotopic (exact) mass is 343 g/mol. The molecule has 0 bridgehead atoms. The molecule has 2 heterocycles. The lowest BCUT2D eigenvalue weighted by molar-refractivity contribution is -0.124. The summed E-state index contributed by atoms with van der Waals surface area (Å²) in [7, 11) is 0. The molecule has 0 unspecified atom stereocenters. The van der Waals surface area contributed by atoms with Crippen molar-refractivity contribution in [1.82, 2.24) is 20.2 Å². The van der Waals surface area contributed by atoms with Gasteiger partial charge in [0.05, 0.1) is 24.3 Å². The zero-order chi connectivity index (χ0) is 18.0. The van der Waals surface area contributed by atoms with Crippen LogP contribution in [0.25, 0.3) is 0 Å². The Kier molecular flexibility index (Phi) is 5.14. The third-order valence-corrected chi connectivity index (χ3v) is 5.79. The minimum atomic E-state index is -0.823. The van der Waals surface area contributed by atoms with Crippen LogP contribution in [0.5, 0.6) is 0 Å². The van der Waals surface area contributed by atoms with Gasteiger partial charge in [0, 0.05) is 5.69 Å². The minimum Gasteiger partial charge on any atom is -0.344 e. The molecule has 2 aliphatic rings. The maximum atomic E-state index is 12.5. The van der Waals surface area contributed by atoms with E-state index in [-0.39, 0.29) is 17.9 Å². The maximum Gasteiger partial charge on any atom is 0.235 e. The highest BCUT2D eigenvalue weighted by Crippen LogP contribution is 2.32. The van der Waals surface area contributed by atoms with Gasteiger partial charge in [-0.2, -0.15) is 5.26 Å². The Labute approximate surface area is 150 Å². The van der Waals surface area contributed by atoms with E-state index in [4.69, 9.17) is 4.98 Å². The number of aromatic amines is 1. The van der Waals surface area contributed by atoms with Gasteiger partial charge < -0.3 is 10.3 Å². The summed E-state index contributed by atoms with van der Waals surface area (Å²) >= 11 is 0. The first kappa shape index (κ1) is 17.9. The number of hydrogen-bond acceptors (Lipinski definition) is 4. The number of carbonyl (C=O) groups is 1. The summed E-state index contributed by atoms with van der Waals surface area (Å²) in [6, 6.07) is 2.42. The lowest BCUT2D eigenvalue weighted by Gasteiger charge is -2.29. The summed E-state index contributed by atoms with van der Waals surface area (Å²) in [6.07, 6.45) is 6.70. The highest BCUT2D eigenvalue weighted by Gasteiger charge is 2.34. The van der Waals surface area contributed by atoms with Gasteiger partial charge >= 0.3 is 0 Å². The van der Waals surface area contributed by atoms with Crippen molar-refractivity contribution >= 4 is 5.91 Å². The molecule has 1 aliphatic carbocycles. The average Bonchev–Trinajstić information content (AvgIpc) is 3.20. The van der Waals surface area contributed by atoms with Gasteiger partial charge in [-0.05, 0) is 57.9 Å². The third kappa shape index (κ3) is 3.72. The highest BCUT2D eigenvalue weighted by molar-refractivity contribution is 5.79. The Balaban J connectivity index is 1.67. The number of nitrogens with one attached hydrogen (secondary N) is 2. The molecule has 136 valence electrons. The third-order valence-electron chi connectivity index (χ3n) is 5.79. The molecule has 1 saturated heterocycles. The summed E-state index contributed by atoms with van der Waals surface area (Å²) in [4.78, 5) is 23.1. The molecule has 25 heavy (non-hydrogen) atoms. The summed E-state index contributed by atoms with van der Waals surface area (Å²) in [5, 5.41) is 12.3. The number of nitriles is 1. The van der Waals surface area contributed by atoms with E-state index in [1.165, 1.54) is 24.2 Å². The van der Waals surface area contributed by atoms with E-state index >= 15 is 0 Å². The summed E-state index contributed by atoms with van der Waals surface area (Å²) in [5.74, 6) is 0.998. The molecular weight excluding hydrogens is 314 g/mol. The second-order valence-corrected chi connectivity index (χ2v) is 7.90. The average molecular weight is 343 g/mol. The SMILES string of the molecule is CC(C)[C@@](C)(C#N)NC(=O)CN1CCC[C@@H]1c1nc2c([nH]1)CCCC2. The first-order chi connectivity index (χ1) is 11.9. The predicted octanol–water partition coefficient (Wildman–Crippen LogP) is 2.48. The Bertz CT molecular complexity index is 650. The van der Waals surface area contributed by atoms with Crippen LogP contribution in [-0.2, 0) is 17.6 Å². The van der Waals surface area contributed by atoms with E-state index in [0.29, 0.717) is 6.54 Å². The van der Waals surface area contributed by atoms with Gasteiger partial charge in [0.1, 0.15) is 11.4 Å². The van der Waals surface area contributed by atoms with Crippen LogP contribution in [0.2, 0.25) is 0 Å². The fourth-order valence-corrected chi connectivity index (χ4v) is 3.77. The molecule has 6 nitrogen and oxygen atoms in total. The lowest BCUT2D eigenvalue weighted by Crippen LogP contribution is -2.51. The quantitative estimate of drug-likeness (QED) is 0.860. The van der Waals surface area contributed by atoms with Gasteiger partial charge in [-0.25, -0.2) is 4.98 Å². The fourth-order valence-electron chi connectivity index (χ4n) is 3.77. The van der Waals surface area contributed by atoms with Gasteiger partial charge in [-0.3, -0.25) is 9.69 Å². The van der Waals surface area contributed by atoms with Crippen molar-refractivity contribution in [2.45, 2.75) is 70.9 Å². The summed E-state index contributed by atoms with van der Waals surface area (Å²) in [6.45, 7) is 6.91. The van der Waals surface area contributed by atoms with Crippen LogP contribution in [0.3, 0.4) is 0 Å². The van der Waals surface area contributed by atoms with E-state index < -0.39 is 5.54 Å². The van der Waals surface area contributed by atoms with E-state index in [9.17, 15) is 10.1 Å². The molecule has 1 aromatic rings. The van der Waals surface area contributed by atoms with Crippen LogP contribution in [-0.4, -0.2) is 39.4 Å². The highest BCUT2D eigenvalue weighted by atomic mass is 16.2. The molecule has 2 N–H and O–H groups in total. The molecule has 3 rings (SSSR count). The Morgan fingerprint density at radius 2 is 2.20 bits per heavy atom. The number of aromatic nitrogens is 2. The molecule has 6 heteroatoms. The number of H-pyrrole nitrogens is 1. The fraction of sp³-hybridized carbons (Fsp3) is 0.737. The first-order valence-corrected chi connectivity index (χ1v) is 9.47. The van der Waals surface area contributed by atoms with Crippen LogP contribution in [0.1, 0.15) is 69.7 Å².